The molecule has 2 rings (SSSR count). The van der Waals surface area contributed by atoms with E-state index in [2.05, 4.69) is 10.6 Å². The first-order chi connectivity index (χ1) is 11.1. The van der Waals surface area contributed by atoms with E-state index in [0.717, 1.165) is 25.0 Å². The predicted octanol–water partition coefficient (Wildman–Crippen LogP) is 1.66. The number of carbonyl (C=O) groups is 2. The largest absolute Gasteiger partial charge is 0.494 e. The molecule has 1 saturated carbocycles. The fraction of sp³-hybridized carbons (Fsp3) is 0.529. The van der Waals surface area contributed by atoms with Gasteiger partial charge in [0.15, 0.2) is 0 Å². The minimum Gasteiger partial charge on any atom is -0.494 e. The van der Waals surface area contributed by atoms with Crippen LogP contribution in [0.1, 0.15) is 32.6 Å². The predicted molar refractivity (Wildman–Crippen MR) is 89.2 cm³/mol. The van der Waals surface area contributed by atoms with Gasteiger partial charge >= 0.3 is 0 Å². The summed E-state index contributed by atoms with van der Waals surface area (Å²) in [5, 5.41) is 5.39. The first-order valence-corrected chi connectivity index (χ1v) is 8.13. The van der Waals surface area contributed by atoms with E-state index >= 15 is 0 Å². The van der Waals surface area contributed by atoms with E-state index in [1.54, 1.807) is 24.3 Å². The Bertz CT molecular complexity index is 530. The Morgan fingerprint density at radius 2 is 1.96 bits per heavy atom. The second-order valence-corrected chi connectivity index (χ2v) is 5.84. The highest BCUT2D eigenvalue weighted by Crippen LogP contribution is 2.26. The van der Waals surface area contributed by atoms with Gasteiger partial charge in [-0.3, -0.25) is 9.59 Å². The van der Waals surface area contributed by atoms with Crippen molar-refractivity contribution in [3.63, 3.8) is 0 Å². The number of hydrogen-bond acceptors (Lipinski definition) is 4. The topological polar surface area (TPSA) is 93.5 Å². The number of hydrogen-bond donors (Lipinski definition) is 3. The summed E-state index contributed by atoms with van der Waals surface area (Å²) in [6.45, 7) is 2.48. The summed E-state index contributed by atoms with van der Waals surface area (Å²) in [5.41, 5.74) is 6.62. The summed E-state index contributed by atoms with van der Waals surface area (Å²) in [6, 6.07) is 7.22. The van der Waals surface area contributed by atoms with Crippen molar-refractivity contribution in [2.45, 2.75) is 38.6 Å². The molecule has 2 atom stereocenters. The van der Waals surface area contributed by atoms with Crippen molar-refractivity contribution in [3.05, 3.63) is 24.3 Å². The smallest absolute Gasteiger partial charge is 0.243 e. The molecule has 0 saturated heterocycles. The Morgan fingerprint density at radius 1 is 1.22 bits per heavy atom. The molecular formula is C17H25N3O3. The van der Waals surface area contributed by atoms with E-state index < -0.39 is 0 Å². The van der Waals surface area contributed by atoms with Gasteiger partial charge in [-0.05, 0) is 49.9 Å². The normalized spacial score (nSPS) is 20.1. The molecule has 0 aliphatic heterocycles. The Kier molecular flexibility index (Phi) is 6.40. The molecule has 0 radical (unpaired) electrons. The minimum absolute atomic E-state index is 0.0337. The number of rotatable bonds is 7. The van der Waals surface area contributed by atoms with Crippen molar-refractivity contribution >= 4 is 17.5 Å². The van der Waals surface area contributed by atoms with Crippen LogP contribution >= 0.6 is 0 Å². The number of nitrogens with one attached hydrogen (secondary N) is 2. The third-order valence-electron chi connectivity index (χ3n) is 4.06. The molecule has 1 fully saturated rings. The number of benzene rings is 1. The second kappa shape index (κ2) is 8.53. The molecule has 23 heavy (non-hydrogen) atoms. The molecule has 6 heteroatoms. The van der Waals surface area contributed by atoms with Gasteiger partial charge in [-0.25, -0.2) is 0 Å². The summed E-state index contributed by atoms with van der Waals surface area (Å²) < 4.78 is 5.34. The first-order valence-electron chi connectivity index (χ1n) is 8.13. The second-order valence-electron chi connectivity index (χ2n) is 5.84. The summed E-state index contributed by atoms with van der Waals surface area (Å²) in [5.74, 6) is 0.628. The molecule has 6 nitrogen and oxygen atoms in total. The third-order valence-corrected chi connectivity index (χ3v) is 4.06. The lowest BCUT2D eigenvalue weighted by atomic mass is 10.00. The van der Waals surface area contributed by atoms with Crippen LogP contribution in [0.2, 0.25) is 0 Å². The molecule has 1 aliphatic carbocycles. The number of amides is 2. The van der Waals surface area contributed by atoms with Gasteiger partial charge in [0.25, 0.3) is 0 Å². The molecule has 0 bridgehead atoms. The van der Waals surface area contributed by atoms with Crippen LogP contribution in [-0.4, -0.2) is 31.0 Å². The molecule has 0 spiro atoms. The molecule has 0 unspecified atom stereocenters. The van der Waals surface area contributed by atoms with E-state index in [1.807, 2.05) is 6.92 Å². The van der Waals surface area contributed by atoms with E-state index in [1.165, 1.54) is 0 Å². The zero-order valence-corrected chi connectivity index (χ0v) is 13.5. The highest BCUT2D eigenvalue weighted by molar-refractivity contribution is 5.94. The van der Waals surface area contributed by atoms with Crippen LogP contribution in [-0.2, 0) is 9.59 Å². The molecule has 1 aromatic rings. The van der Waals surface area contributed by atoms with E-state index in [9.17, 15) is 9.59 Å². The SMILES string of the molecule is CCOc1ccc(NC(=O)CNC(=O)C[C@@H]2CCC[C@H]2N)cc1. The Balaban J connectivity index is 1.70. The van der Waals surface area contributed by atoms with Crippen molar-refractivity contribution < 1.29 is 14.3 Å². The maximum atomic E-state index is 11.9. The van der Waals surface area contributed by atoms with Gasteiger partial charge in [-0.2, -0.15) is 0 Å². The highest BCUT2D eigenvalue weighted by Gasteiger charge is 2.26. The van der Waals surface area contributed by atoms with Crippen LogP contribution in [0.15, 0.2) is 24.3 Å². The van der Waals surface area contributed by atoms with Gasteiger partial charge in [0.2, 0.25) is 11.8 Å². The maximum absolute atomic E-state index is 11.9. The Hall–Kier alpha value is -2.08. The number of carbonyl (C=O) groups excluding carboxylic acids is 2. The maximum Gasteiger partial charge on any atom is 0.243 e. The van der Waals surface area contributed by atoms with E-state index in [4.69, 9.17) is 10.5 Å². The number of anilines is 1. The Labute approximate surface area is 136 Å². The Morgan fingerprint density at radius 3 is 2.57 bits per heavy atom. The summed E-state index contributed by atoms with van der Waals surface area (Å²) in [4.78, 5) is 23.7. The monoisotopic (exact) mass is 319 g/mol. The zero-order valence-electron chi connectivity index (χ0n) is 13.5. The van der Waals surface area contributed by atoms with Crippen LogP contribution < -0.4 is 21.1 Å². The quantitative estimate of drug-likeness (QED) is 0.712. The lowest BCUT2D eigenvalue weighted by Gasteiger charge is -2.14. The van der Waals surface area contributed by atoms with Gasteiger partial charge in [0, 0.05) is 18.2 Å². The highest BCUT2D eigenvalue weighted by atomic mass is 16.5. The van der Waals surface area contributed by atoms with Gasteiger partial charge < -0.3 is 21.1 Å². The minimum atomic E-state index is -0.252. The number of ether oxygens (including phenoxy) is 1. The van der Waals surface area contributed by atoms with Crippen molar-refractivity contribution in [1.82, 2.24) is 5.32 Å². The molecule has 0 heterocycles. The average Bonchev–Trinajstić information content (AvgIpc) is 2.93. The summed E-state index contributed by atoms with van der Waals surface area (Å²) >= 11 is 0. The van der Waals surface area contributed by atoms with Crippen molar-refractivity contribution in [2.75, 3.05) is 18.5 Å². The van der Waals surface area contributed by atoms with Gasteiger partial charge in [0.1, 0.15) is 5.75 Å². The third kappa shape index (κ3) is 5.56. The van der Waals surface area contributed by atoms with Crippen molar-refractivity contribution in [3.8, 4) is 5.75 Å². The molecule has 0 aromatic heterocycles. The molecule has 1 aromatic carbocycles. The lowest BCUT2D eigenvalue weighted by Crippen LogP contribution is -2.36. The van der Waals surface area contributed by atoms with Gasteiger partial charge in [0.05, 0.1) is 13.2 Å². The molecule has 126 valence electrons. The summed E-state index contributed by atoms with van der Waals surface area (Å²) in [6.07, 6.45) is 3.46. The molecule has 1 aliphatic rings. The first kappa shape index (κ1) is 17.3. The van der Waals surface area contributed by atoms with Crippen LogP contribution in [0.25, 0.3) is 0 Å². The molecular weight excluding hydrogens is 294 g/mol. The van der Waals surface area contributed by atoms with Crippen LogP contribution in [0, 0.1) is 5.92 Å². The molecule has 4 N–H and O–H groups in total. The fourth-order valence-electron chi connectivity index (χ4n) is 2.81. The fourth-order valence-corrected chi connectivity index (χ4v) is 2.81. The number of nitrogens with two attached hydrogens (primary N) is 1. The van der Waals surface area contributed by atoms with Crippen molar-refractivity contribution in [1.29, 1.82) is 0 Å². The van der Waals surface area contributed by atoms with Crippen LogP contribution in [0.4, 0.5) is 5.69 Å². The standard InChI is InChI=1S/C17H25N3O3/c1-2-23-14-8-6-13(7-9-14)20-17(22)11-19-16(21)10-12-4-3-5-15(12)18/h6-9,12,15H,2-5,10-11,18H2,1H3,(H,19,21)(H,20,22)/t12-,15+/m0/s1. The van der Waals surface area contributed by atoms with E-state index in [0.29, 0.717) is 18.7 Å². The average molecular weight is 319 g/mol. The molecule has 2 amide bonds. The zero-order chi connectivity index (χ0) is 16.7. The van der Waals surface area contributed by atoms with Crippen LogP contribution in [0.3, 0.4) is 0 Å². The van der Waals surface area contributed by atoms with E-state index in [-0.39, 0.29) is 30.3 Å². The van der Waals surface area contributed by atoms with Crippen LogP contribution in [0.5, 0.6) is 5.75 Å². The van der Waals surface area contributed by atoms with Gasteiger partial charge in [-0.1, -0.05) is 6.42 Å². The summed E-state index contributed by atoms with van der Waals surface area (Å²) in [7, 11) is 0. The van der Waals surface area contributed by atoms with Gasteiger partial charge in [-0.15, -0.1) is 0 Å². The lowest BCUT2D eigenvalue weighted by molar-refractivity contribution is -0.124. The van der Waals surface area contributed by atoms with Crippen molar-refractivity contribution in [2.24, 2.45) is 11.7 Å².